The standard InChI is InChI=1S/C31H38F2N4O8/c1-3-24(39)21-17-37(19-6-7-19)28-20(30(21)43)13-22(32)29(31(28)44-2)36-10-4-5-18(16-36)23(33)14-34-26(41)15-35-25(40)8-9-27(42)45-12-11-38/h3,13,17,19,38-39H,4-12,14-16H2,1-2H3,(H,34,41)(H,35,40)/b23-18+,24-3+. The fraction of sp³-hybridized carbons (Fsp3) is 0.484. The number of hydrogen-bond acceptors (Lipinski definition) is 9. The summed E-state index contributed by atoms with van der Waals surface area (Å²) < 4.78 is 43.2. The molecule has 45 heavy (non-hydrogen) atoms. The van der Waals surface area contributed by atoms with Crippen LogP contribution in [0.1, 0.15) is 57.1 Å². The SMILES string of the molecule is C/C=C(/O)c1cn(C2CC2)c2c(OC)c(N3CCC/C(=C(\F)CNC(=O)CNC(=O)CCC(=O)OCCO)C3)c(F)cc2c1=O. The number of carbonyl (C=O) groups excluding carboxylic acids is 3. The molecule has 0 atom stereocenters. The first-order valence-electron chi connectivity index (χ1n) is 14.8. The minimum atomic E-state index is -0.719. The molecule has 1 aromatic heterocycles. The van der Waals surface area contributed by atoms with Gasteiger partial charge in [-0.3, -0.25) is 19.2 Å². The Kier molecular flexibility index (Phi) is 11.2. The lowest BCUT2D eigenvalue weighted by Crippen LogP contribution is -2.38. The Bertz CT molecular complexity index is 1580. The minimum Gasteiger partial charge on any atom is -0.507 e. The van der Waals surface area contributed by atoms with E-state index in [1.165, 1.54) is 13.2 Å². The average Bonchev–Trinajstić information content (AvgIpc) is 3.89. The average molecular weight is 633 g/mol. The summed E-state index contributed by atoms with van der Waals surface area (Å²) in [5.41, 5.74) is 0.401. The Labute approximate surface area is 258 Å². The van der Waals surface area contributed by atoms with Crippen LogP contribution in [0.2, 0.25) is 0 Å². The fourth-order valence-corrected chi connectivity index (χ4v) is 5.27. The van der Waals surface area contributed by atoms with Crippen LogP contribution in [0.3, 0.4) is 0 Å². The van der Waals surface area contributed by atoms with Gasteiger partial charge in [-0.2, -0.15) is 0 Å². The third kappa shape index (κ3) is 7.98. The molecule has 2 amide bonds. The summed E-state index contributed by atoms with van der Waals surface area (Å²) in [6.07, 6.45) is 5.13. The van der Waals surface area contributed by atoms with Crippen molar-refractivity contribution in [2.24, 2.45) is 0 Å². The number of benzene rings is 1. The molecule has 244 valence electrons. The van der Waals surface area contributed by atoms with Gasteiger partial charge in [0.25, 0.3) is 0 Å². The largest absolute Gasteiger partial charge is 0.507 e. The van der Waals surface area contributed by atoms with E-state index in [1.807, 2.05) is 4.57 Å². The molecule has 0 radical (unpaired) electrons. The lowest BCUT2D eigenvalue weighted by atomic mass is 10.0. The highest BCUT2D eigenvalue weighted by molar-refractivity contribution is 5.93. The highest BCUT2D eigenvalue weighted by Crippen LogP contribution is 2.44. The number of esters is 1. The number of amides is 2. The molecule has 2 fully saturated rings. The molecule has 0 spiro atoms. The number of aromatic nitrogens is 1. The molecular weight excluding hydrogens is 594 g/mol. The van der Waals surface area contributed by atoms with Crippen LogP contribution in [-0.4, -0.2) is 79.1 Å². The number of halogens is 2. The summed E-state index contributed by atoms with van der Waals surface area (Å²) in [7, 11) is 1.38. The fourth-order valence-electron chi connectivity index (χ4n) is 5.27. The maximum Gasteiger partial charge on any atom is 0.306 e. The smallest absolute Gasteiger partial charge is 0.306 e. The van der Waals surface area contributed by atoms with Gasteiger partial charge in [0.15, 0.2) is 11.6 Å². The number of nitrogens with zero attached hydrogens (tertiary/aromatic N) is 2. The number of aliphatic hydroxyl groups excluding tert-OH is 2. The molecule has 4 rings (SSSR count). The lowest BCUT2D eigenvalue weighted by molar-refractivity contribution is -0.145. The number of pyridine rings is 1. The Morgan fingerprint density at radius 2 is 1.89 bits per heavy atom. The van der Waals surface area contributed by atoms with Crippen molar-refractivity contribution in [1.29, 1.82) is 0 Å². The first kappa shape index (κ1) is 33.4. The second-order valence-electron chi connectivity index (χ2n) is 10.9. The van der Waals surface area contributed by atoms with Crippen LogP contribution in [0.15, 0.2) is 34.5 Å². The quantitative estimate of drug-likeness (QED) is 0.192. The van der Waals surface area contributed by atoms with E-state index in [-0.39, 0.29) is 66.8 Å². The molecule has 2 heterocycles. The Balaban J connectivity index is 1.47. The zero-order valence-electron chi connectivity index (χ0n) is 25.3. The molecule has 14 heteroatoms. The highest BCUT2D eigenvalue weighted by atomic mass is 19.1. The van der Waals surface area contributed by atoms with Crippen molar-refractivity contribution in [2.45, 2.75) is 51.5 Å². The molecule has 1 saturated heterocycles. The van der Waals surface area contributed by atoms with Gasteiger partial charge in [-0.05, 0) is 50.3 Å². The highest BCUT2D eigenvalue weighted by Gasteiger charge is 2.32. The second kappa shape index (κ2) is 15.0. The van der Waals surface area contributed by atoms with Gasteiger partial charge in [0, 0.05) is 31.7 Å². The van der Waals surface area contributed by atoms with E-state index in [0.717, 1.165) is 18.9 Å². The lowest BCUT2D eigenvalue weighted by Gasteiger charge is -2.33. The van der Waals surface area contributed by atoms with Crippen molar-refractivity contribution >= 4 is 40.1 Å². The zero-order valence-corrected chi connectivity index (χ0v) is 25.3. The van der Waals surface area contributed by atoms with Crippen molar-refractivity contribution in [3.63, 3.8) is 0 Å². The molecule has 2 aliphatic rings. The second-order valence-corrected chi connectivity index (χ2v) is 10.9. The van der Waals surface area contributed by atoms with E-state index in [2.05, 4.69) is 15.4 Å². The summed E-state index contributed by atoms with van der Waals surface area (Å²) in [6, 6.07) is 1.20. The van der Waals surface area contributed by atoms with Crippen molar-refractivity contribution in [2.75, 3.05) is 51.4 Å². The summed E-state index contributed by atoms with van der Waals surface area (Å²) in [4.78, 5) is 50.4. The number of fused-ring (bicyclic) bond motifs is 1. The monoisotopic (exact) mass is 632 g/mol. The zero-order chi connectivity index (χ0) is 32.7. The molecular formula is C31H38F2N4O8. The van der Waals surface area contributed by atoms with Crippen LogP contribution in [0.4, 0.5) is 14.5 Å². The third-order valence-corrected chi connectivity index (χ3v) is 7.68. The van der Waals surface area contributed by atoms with Crippen molar-refractivity contribution in [1.82, 2.24) is 15.2 Å². The number of ether oxygens (including phenoxy) is 2. The van der Waals surface area contributed by atoms with Crippen LogP contribution in [0.5, 0.6) is 5.75 Å². The number of nitrogens with one attached hydrogen (secondary N) is 2. The number of anilines is 1. The Morgan fingerprint density at radius 3 is 2.56 bits per heavy atom. The molecule has 1 aromatic carbocycles. The first-order valence-corrected chi connectivity index (χ1v) is 14.8. The maximum absolute atomic E-state index is 15.8. The molecule has 1 aliphatic carbocycles. The van der Waals surface area contributed by atoms with E-state index in [4.69, 9.17) is 9.84 Å². The number of carbonyl (C=O) groups is 3. The van der Waals surface area contributed by atoms with Gasteiger partial charge in [0.2, 0.25) is 17.2 Å². The third-order valence-electron chi connectivity index (χ3n) is 7.68. The van der Waals surface area contributed by atoms with Crippen LogP contribution in [-0.2, 0) is 19.1 Å². The molecule has 4 N–H and O–H groups in total. The van der Waals surface area contributed by atoms with E-state index < -0.39 is 47.9 Å². The normalized spacial score (nSPS) is 16.4. The molecule has 0 unspecified atom stereocenters. The molecule has 1 aliphatic heterocycles. The van der Waals surface area contributed by atoms with Gasteiger partial charge in [-0.25, -0.2) is 8.78 Å². The van der Waals surface area contributed by atoms with Gasteiger partial charge in [0.05, 0.1) is 49.7 Å². The van der Waals surface area contributed by atoms with Gasteiger partial charge in [-0.1, -0.05) is 0 Å². The van der Waals surface area contributed by atoms with Crippen LogP contribution < -0.4 is 25.7 Å². The van der Waals surface area contributed by atoms with Crippen LogP contribution >= 0.6 is 0 Å². The van der Waals surface area contributed by atoms with Crippen LogP contribution in [0, 0.1) is 5.82 Å². The number of piperidine rings is 1. The van der Waals surface area contributed by atoms with E-state index in [0.29, 0.717) is 30.5 Å². The Hall–Kier alpha value is -4.46. The van der Waals surface area contributed by atoms with Gasteiger partial charge in [0.1, 0.15) is 23.9 Å². The summed E-state index contributed by atoms with van der Waals surface area (Å²) in [5, 5.41) is 23.8. The van der Waals surface area contributed by atoms with E-state index >= 15 is 8.78 Å². The maximum atomic E-state index is 15.8. The minimum absolute atomic E-state index is 0.0225. The number of methoxy groups -OCH3 is 1. The molecule has 12 nitrogen and oxygen atoms in total. The predicted octanol–water partition coefficient (Wildman–Crippen LogP) is 2.77. The van der Waals surface area contributed by atoms with Crippen molar-refractivity contribution in [3.8, 4) is 5.75 Å². The van der Waals surface area contributed by atoms with E-state index in [1.54, 1.807) is 18.0 Å². The Morgan fingerprint density at radius 1 is 1.16 bits per heavy atom. The van der Waals surface area contributed by atoms with Gasteiger partial charge < -0.3 is 39.8 Å². The van der Waals surface area contributed by atoms with E-state index in [9.17, 15) is 24.3 Å². The summed E-state index contributed by atoms with van der Waals surface area (Å²) in [6.45, 7) is 0.669. The topological polar surface area (TPSA) is 159 Å². The van der Waals surface area contributed by atoms with Gasteiger partial charge in [-0.15, -0.1) is 0 Å². The summed E-state index contributed by atoms with van der Waals surface area (Å²) in [5.74, 6) is -3.23. The number of hydrogen-bond donors (Lipinski definition) is 4. The number of aliphatic hydroxyl groups is 2. The molecule has 2 aromatic rings. The number of rotatable bonds is 13. The first-order chi connectivity index (χ1) is 21.6. The summed E-state index contributed by atoms with van der Waals surface area (Å²) >= 11 is 0. The number of allylic oxidation sites excluding steroid dienone is 1. The van der Waals surface area contributed by atoms with Crippen LogP contribution in [0.25, 0.3) is 16.7 Å². The molecule has 0 bridgehead atoms. The predicted molar refractivity (Wildman–Crippen MR) is 162 cm³/mol. The van der Waals surface area contributed by atoms with Crippen molar-refractivity contribution < 1.29 is 42.9 Å². The van der Waals surface area contributed by atoms with Gasteiger partial charge >= 0.3 is 5.97 Å². The van der Waals surface area contributed by atoms with Crippen molar-refractivity contribution in [3.05, 3.63) is 51.3 Å². The molecule has 1 saturated carbocycles.